The summed E-state index contributed by atoms with van der Waals surface area (Å²) < 4.78 is 5.84. The Morgan fingerprint density at radius 3 is 2.38 bits per heavy atom. The lowest BCUT2D eigenvalue weighted by Gasteiger charge is -2.41. The molecule has 4 saturated carbocycles. The molecular formula is C18H28O3. The monoisotopic (exact) mass is 292 g/mol. The first kappa shape index (κ1) is 14.0. The Labute approximate surface area is 127 Å². The predicted octanol–water partition coefficient (Wildman–Crippen LogP) is 3.01. The highest BCUT2D eigenvalue weighted by Crippen LogP contribution is 2.67. The Kier molecular flexibility index (Phi) is 2.99. The molecule has 0 aromatic rings. The summed E-state index contributed by atoms with van der Waals surface area (Å²) in [6.45, 7) is 5.90. The lowest BCUT2D eigenvalue weighted by molar-refractivity contribution is -0.174. The summed E-state index contributed by atoms with van der Waals surface area (Å²) >= 11 is 0. The summed E-state index contributed by atoms with van der Waals surface area (Å²) in [6, 6.07) is 0. The molecule has 0 aliphatic heterocycles. The van der Waals surface area contributed by atoms with Crippen LogP contribution in [0.2, 0.25) is 0 Å². The second-order valence-corrected chi connectivity index (χ2v) is 8.65. The molecule has 3 heteroatoms. The van der Waals surface area contributed by atoms with E-state index >= 15 is 0 Å². The van der Waals surface area contributed by atoms with Gasteiger partial charge in [0.05, 0.1) is 11.5 Å². The minimum atomic E-state index is -0.435. The highest BCUT2D eigenvalue weighted by molar-refractivity contribution is 5.76. The molecule has 8 atom stereocenters. The summed E-state index contributed by atoms with van der Waals surface area (Å²) in [7, 11) is 0. The van der Waals surface area contributed by atoms with Crippen molar-refractivity contribution in [3.05, 3.63) is 0 Å². The number of aliphatic hydroxyl groups excluding tert-OH is 1. The van der Waals surface area contributed by atoms with Crippen molar-refractivity contribution in [1.82, 2.24) is 0 Å². The van der Waals surface area contributed by atoms with Crippen molar-refractivity contribution >= 4 is 5.97 Å². The quantitative estimate of drug-likeness (QED) is 0.642. The van der Waals surface area contributed by atoms with Gasteiger partial charge in [0, 0.05) is 5.92 Å². The second-order valence-electron chi connectivity index (χ2n) is 8.65. The highest BCUT2D eigenvalue weighted by Gasteiger charge is 2.66. The predicted molar refractivity (Wildman–Crippen MR) is 79.4 cm³/mol. The summed E-state index contributed by atoms with van der Waals surface area (Å²) in [5.41, 5.74) is -0.435. The first-order chi connectivity index (χ1) is 9.94. The van der Waals surface area contributed by atoms with Gasteiger partial charge in [0.15, 0.2) is 0 Å². The molecular weight excluding hydrogens is 264 g/mol. The lowest BCUT2D eigenvalue weighted by atomic mass is 9.69. The zero-order valence-corrected chi connectivity index (χ0v) is 13.4. The van der Waals surface area contributed by atoms with Gasteiger partial charge in [0.2, 0.25) is 0 Å². The number of carbonyl (C=O) groups is 1. The third-order valence-electron chi connectivity index (χ3n) is 7.46. The van der Waals surface area contributed by atoms with E-state index in [2.05, 4.69) is 0 Å². The fraction of sp³-hybridized carbons (Fsp3) is 0.944. The van der Waals surface area contributed by atoms with Crippen LogP contribution in [0.4, 0.5) is 0 Å². The third-order valence-corrected chi connectivity index (χ3v) is 7.46. The molecule has 1 N–H and O–H groups in total. The molecule has 0 saturated heterocycles. The van der Waals surface area contributed by atoms with E-state index in [9.17, 15) is 9.90 Å². The molecule has 0 aromatic carbocycles. The Hall–Kier alpha value is -0.570. The fourth-order valence-electron chi connectivity index (χ4n) is 6.08. The number of esters is 1. The van der Waals surface area contributed by atoms with Gasteiger partial charge in [-0.1, -0.05) is 6.92 Å². The number of hydrogen-bond donors (Lipinski definition) is 1. The van der Waals surface area contributed by atoms with Crippen LogP contribution in [-0.4, -0.2) is 23.3 Å². The molecule has 118 valence electrons. The van der Waals surface area contributed by atoms with E-state index in [1.165, 1.54) is 19.3 Å². The molecule has 4 fully saturated rings. The van der Waals surface area contributed by atoms with Crippen LogP contribution in [0.3, 0.4) is 0 Å². The molecule has 21 heavy (non-hydrogen) atoms. The number of ether oxygens (including phenoxy) is 1. The molecule has 3 nitrogen and oxygen atoms in total. The zero-order valence-electron chi connectivity index (χ0n) is 13.4. The Bertz CT molecular complexity index is 457. The van der Waals surface area contributed by atoms with Gasteiger partial charge in [0.1, 0.15) is 6.10 Å². The Morgan fingerprint density at radius 2 is 1.76 bits per heavy atom. The van der Waals surface area contributed by atoms with Crippen LogP contribution in [0.1, 0.15) is 52.9 Å². The van der Waals surface area contributed by atoms with E-state index in [0.717, 1.165) is 36.5 Å². The molecule has 0 spiro atoms. The van der Waals surface area contributed by atoms with Gasteiger partial charge >= 0.3 is 5.97 Å². The normalized spacial score (nSPS) is 50.5. The Balaban J connectivity index is 1.53. The van der Waals surface area contributed by atoms with Crippen molar-refractivity contribution in [3.63, 3.8) is 0 Å². The van der Waals surface area contributed by atoms with Gasteiger partial charge in [0.25, 0.3) is 0 Å². The maximum Gasteiger partial charge on any atom is 0.311 e. The van der Waals surface area contributed by atoms with E-state index in [1.807, 2.05) is 20.8 Å². The van der Waals surface area contributed by atoms with E-state index in [0.29, 0.717) is 11.8 Å². The van der Waals surface area contributed by atoms with Crippen LogP contribution >= 0.6 is 0 Å². The minimum absolute atomic E-state index is 0.124. The van der Waals surface area contributed by atoms with Crippen LogP contribution in [-0.2, 0) is 9.53 Å². The topological polar surface area (TPSA) is 46.5 Å². The molecule has 4 rings (SSSR count). The molecule has 4 bridgehead atoms. The first-order valence-electron chi connectivity index (χ1n) is 8.83. The Morgan fingerprint density at radius 1 is 1.14 bits per heavy atom. The van der Waals surface area contributed by atoms with Crippen LogP contribution < -0.4 is 0 Å². The van der Waals surface area contributed by atoms with Crippen LogP contribution in [0.5, 0.6) is 0 Å². The molecule has 0 heterocycles. The number of hydrogen-bond acceptors (Lipinski definition) is 3. The second kappa shape index (κ2) is 4.47. The van der Waals surface area contributed by atoms with Crippen LogP contribution in [0.25, 0.3) is 0 Å². The van der Waals surface area contributed by atoms with Crippen molar-refractivity contribution < 1.29 is 14.6 Å². The molecule has 8 unspecified atom stereocenters. The highest BCUT2D eigenvalue weighted by atomic mass is 16.6. The minimum Gasteiger partial charge on any atom is -0.459 e. The molecule has 4 aliphatic rings. The standard InChI is InChI=1S/C18H28O3/c1-4-18(2,3)17(20)21-16-12-8-11(15(16)19)13-9-5-6-10(7-9)14(12)13/h9-16,19H,4-8H2,1-3H3. The molecule has 0 amide bonds. The van der Waals surface area contributed by atoms with Gasteiger partial charge in [-0.15, -0.1) is 0 Å². The fourth-order valence-corrected chi connectivity index (χ4v) is 6.08. The smallest absolute Gasteiger partial charge is 0.311 e. The summed E-state index contributed by atoms with van der Waals surface area (Å²) in [6.07, 6.45) is 5.34. The average Bonchev–Trinajstić information content (AvgIpc) is 3.18. The first-order valence-corrected chi connectivity index (χ1v) is 8.83. The van der Waals surface area contributed by atoms with E-state index in [4.69, 9.17) is 4.74 Å². The zero-order chi connectivity index (χ0) is 14.9. The van der Waals surface area contributed by atoms with Crippen molar-refractivity contribution in [2.75, 3.05) is 0 Å². The van der Waals surface area contributed by atoms with Gasteiger partial charge in [-0.05, 0) is 75.5 Å². The summed E-state index contributed by atoms with van der Waals surface area (Å²) in [4.78, 5) is 12.4. The average molecular weight is 292 g/mol. The number of fused-ring (bicyclic) bond motifs is 9. The van der Waals surface area contributed by atoms with E-state index in [-0.39, 0.29) is 12.1 Å². The van der Waals surface area contributed by atoms with Crippen molar-refractivity contribution in [3.8, 4) is 0 Å². The largest absolute Gasteiger partial charge is 0.459 e. The van der Waals surface area contributed by atoms with E-state index in [1.54, 1.807) is 0 Å². The molecule has 0 radical (unpaired) electrons. The third kappa shape index (κ3) is 1.79. The number of carbonyl (C=O) groups excluding carboxylic acids is 1. The molecule has 4 aliphatic carbocycles. The lowest BCUT2D eigenvalue weighted by Crippen LogP contribution is -2.47. The van der Waals surface area contributed by atoms with Crippen molar-refractivity contribution in [2.24, 2.45) is 40.9 Å². The summed E-state index contributed by atoms with van der Waals surface area (Å²) in [5.74, 6) is 3.88. The maximum atomic E-state index is 12.4. The van der Waals surface area contributed by atoms with Crippen LogP contribution in [0, 0.1) is 40.9 Å². The number of aliphatic hydroxyl groups is 1. The van der Waals surface area contributed by atoms with Crippen molar-refractivity contribution in [1.29, 1.82) is 0 Å². The van der Waals surface area contributed by atoms with Crippen LogP contribution in [0.15, 0.2) is 0 Å². The molecule has 0 aromatic heterocycles. The van der Waals surface area contributed by atoms with E-state index < -0.39 is 11.5 Å². The maximum absolute atomic E-state index is 12.4. The van der Waals surface area contributed by atoms with Gasteiger partial charge in [-0.25, -0.2) is 0 Å². The SMILES string of the molecule is CCC(C)(C)C(=O)OC1C(O)C2CC1C1C3CCC(C3)C21. The number of rotatable bonds is 3. The van der Waals surface area contributed by atoms with Gasteiger partial charge in [-0.3, -0.25) is 4.79 Å². The van der Waals surface area contributed by atoms with Gasteiger partial charge < -0.3 is 9.84 Å². The van der Waals surface area contributed by atoms with Gasteiger partial charge in [-0.2, -0.15) is 0 Å². The summed E-state index contributed by atoms with van der Waals surface area (Å²) in [5, 5.41) is 10.7. The van der Waals surface area contributed by atoms with Crippen molar-refractivity contribution in [2.45, 2.75) is 65.1 Å².